The fourth-order valence-corrected chi connectivity index (χ4v) is 5.72. The molecule has 1 aliphatic rings. The van der Waals surface area contributed by atoms with Gasteiger partial charge in [-0.05, 0) is 24.6 Å². The number of nitro benzene ring substituents is 1. The lowest BCUT2D eigenvalue weighted by Crippen LogP contribution is -2.46. The molecule has 3 rings (SSSR count). The highest BCUT2D eigenvalue weighted by Gasteiger charge is 2.64. The third-order valence-electron chi connectivity index (χ3n) is 5.59. The van der Waals surface area contributed by atoms with E-state index in [1.165, 1.54) is 24.3 Å². The summed E-state index contributed by atoms with van der Waals surface area (Å²) in [5, 5.41) is 11.1. The Labute approximate surface area is 190 Å². The van der Waals surface area contributed by atoms with E-state index in [0.29, 0.717) is 0 Å². The number of carbonyl (C=O) groups excluding carboxylic acids is 2. The van der Waals surface area contributed by atoms with Crippen molar-refractivity contribution < 1.29 is 32.4 Å². The van der Waals surface area contributed by atoms with Gasteiger partial charge in [0, 0.05) is 24.3 Å². The summed E-state index contributed by atoms with van der Waals surface area (Å²) in [7, 11) is -2.16. The first-order valence-corrected chi connectivity index (χ1v) is 11.1. The molecular formula is C22H22N2O8S. The number of methoxy groups -OCH3 is 2. The van der Waals surface area contributed by atoms with Crippen LogP contribution in [0.15, 0.2) is 65.7 Å². The summed E-state index contributed by atoms with van der Waals surface area (Å²) >= 11 is 0. The van der Waals surface area contributed by atoms with Gasteiger partial charge in [0.25, 0.3) is 15.7 Å². The molecule has 0 aliphatic carbocycles. The average molecular weight is 474 g/mol. The van der Waals surface area contributed by atoms with Crippen molar-refractivity contribution >= 4 is 27.6 Å². The predicted octanol–water partition coefficient (Wildman–Crippen LogP) is 2.89. The first kappa shape index (κ1) is 23.9. The van der Waals surface area contributed by atoms with E-state index >= 15 is 0 Å². The molecule has 10 nitrogen and oxygen atoms in total. The fourth-order valence-electron chi connectivity index (χ4n) is 4.03. The van der Waals surface area contributed by atoms with Crippen molar-refractivity contribution in [1.82, 2.24) is 4.31 Å². The number of benzene rings is 2. The minimum absolute atomic E-state index is 0.0327. The van der Waals surface area contributed by atoms with Gasteiger partial charge in [0.1, 0.15) is 0 Å². The number of ether oxygens (including phenoxy) is 2. The number of sulfonamides is 1. The molecule has 0 amide bonds. The van der Waals surface area contributed by atoms with Gasteiger partial charge in [-0.1, -0.05) is 36.4 Å². The van der Waals surface area contributed by atoms with Crippen LogP contribution in [0.25, 0.3) is 0 Å². The van der Waals surface area contributed by atoms with Crippen molar-refractivity contribution in [1.29, 1.82) is 0 Å². The number of nitrogens with zero attached hydrogens (tertiary/aromatic N) is 2. The van der Waals surface area contributed by atoms with Gasteiger partial charge < -0.3 is 9.47 Å². The molecule has 2 aromatic rings. The van der Waals surface area contributed by atoms with Crippen molar-refractivity contribution in [3.05, 3.63) is 82.0 Å². The molecule has 174 valence electrons. The third-order valence-corrected chi connectivity index (χ3v) is 7.45. The summed E-state index contributed by atoms with van der Waals surface area (Å²) < 4.78 is 38.0. The van der Waals surface area contributed by atoms with Crippen molar-refractivity contribution in [3.63, 3.8) is 0 Å². The Morgan fingerprint density at radius 3 is 2.03 bits per heavy atom. The maximum Gasteiger partial charge on any atom is 0.326 e. The van der Waals surface area contributed by atoms with Crippen LogP contribution in [-0.4, -0.2) is 43.8 Å². The molecule has 1 saturated heterocycles. The SMILES string of the molecule is C=C1CC(C(=O)OC)(C(=O)OC)C(c2ccc([N+](=O)[O-])cc2)N1S(=O)(=O)c1ccc(C)cc1. The molecular weight excluding hydrogens is 452 g/mol. The summed E-state index contributed by atoms with van der Waals surface area (Å²) in [6.07, 6.45) is -0.390. The van der Waals surface area contributed by atoms with Crippen LogP contribution in [0.1, 0.15) is 23.6 Å². The predicted molar refractivity (Wildman–Crippen MR) is 116 cm³/mol. The average Bonchev–Trinajstić information content (AvgIpc) is 3.12. The topological polar surface area (TPSA) is 133 Å². The van der Waals surface area contributed by atoms with Crippen LogP contribution >= 0.6 is 0 Å². The number of carbonyl (C=O) groups is 2. The molecule has 1 heterocycles. The summed E-state index contributed by atoms with van der Waals surface area (Å²) in [5.41, 5.74) is -1.39. The molecule has 33 heavy (non-hydrogen) atoms. The Morgan fingerprint density at radius 2 is 1.58 bits per heavy atom. The molecule has 0 bridgehead atoms. The van der Waals surface area contributed by atoms with Gasteiger partial charge in [-0.2, -0.15) is 0 Å². The molecule has 1 fully saturated rings. The Bertz CT molecular complexity index is 1200. The first-order valence-electron chi connectivity index (χ1n) is 9.70. The lowest BCUT2D eigenvalue weighted by atomic mass is 9.77. The van der Waals surface area contributed by atoms with E-state index in [9.17, 15) is 28.1 Å². The van der Waals surface area contributed by atoms with E-state index in [4.69, 9.17) is 9.47 Å². The molecule has 0 radical (unpaired) electrons. The number of esters is 2. The fraction of sp³-hybridized carbons (Fsp3) is 0.273. The Kier molecular flexibility index (Phi) is 6.28. The Hall–Kier alpha value is -3.73. The standard InChI is InChI=1S/C22H22N2O8S/c1-14-5-11-18(12-6-14)33(29,30)23-15(2)13-22(20(25)31-3,21(26)32-4)19(23)16-7-9-17(10-8-16)24(27)28/h5-12,19H,2,13H2,1,3-4H3. The van der Waals surface area contributed by atoms with Gasteiger partial charge in [-0.3, -0.25) is 24.0 Å². The zero-order valence-electron chi connectivity index (χ0n) is 18.2. The summed E-state index contributed by atoms with van der Waals surface area (Å²) in [5.74, 6) is -2.03. The van der Waals surface area contributed by atoms with Crippen LogP contribution in [-0.2, 0) is 29.1 Å². The highest BCUT2D eigenvalue weighted by Crippen LogP contribution is 2.55. The highest BCUT2D eigenvalue weighted by molar-refractivity contribution is 7.89. The van der Waals surface area contributed by atoms with Crippen LogP contribution in [0.4, 0.5) is 5.69 Å². The van der Waals surface area contributed by atoms with Gasteiger partial charge in [0.2, 0.25) is 0 Å². The van der Waals surface area contributed by atoms with Crippen LogP contribution in [0.2, 0.25) is 0 Å². The van der Waals surface area contributed by atoms with Crippen LogP contribution < -0.4 is 0 Å². The van der Waals surface area contributed by atoms with Crippen molar-refractivity contribution in [2.45, 2.75) is 24.3 Å². The smallest absolute Gasteiger partial charge is 0.326 e. The number of aryl methyl sites for hydroxylation is 1. The van der Waals surface area contributed by atoms with Crippen LogP contribution in [0.3, 0.4) is 0 Å². The van der Waals surface area contributed by atoms with Gasteiger partial charge in [0.15, 0.2) is 5.41 Å². The number of nitro groups is 1. The highest BCUT2D eigenvalue weighted by atomic mass is 32.2. The molecule has 1 unspecified atom stereocenters. The molecule has 1 atom stereocenters. The quantitative estimate of drug-likeness (QED) is 0.270. The van der Waals surface area contributed by atoms with Crippen molar-refractivity contribution in [2.24, 2.45) is 5.41 Å². The Morgan fingerprint density at radius 1 is 1.06 bits per heavy atom. The van der Waals surface area contributed by atoms with E-state index < -0.39 is 38.3 Å². The lowest BCUT2D eigenvalue weighted by Gasteiger charge is -2.34. The second-order valence-electron chi connectivity index (χ2n) is 7.56. The van der Waals surface area contributed by atoms with E-state index in [-0.39, 0.29) is 28.3 Å². The van der Waals surface area contributed by atoms with E-state index in [1.54, 1.807) is 19.1 Å². The van der Waals surface area contributed by atoms with Gasteiger partial charge in [0.05, 0.1) is 30.1 Å². The van der Waals surface area contributed by atoms with E-state index in [1.807, 2.05) is 0 Å². The van der Waals surface area contributed by atoms with Gasteiger partial charge in [-0.25, -0.2) is 8.42 Å². The summed E-state index contributed by atoms with van der Waals surface area (Å²) in [6, 6.07) is 9.48. The minimum atomic E-state index is -4.30. The minimum Gasteiger partial charge on any atom is -0.468 e. The lowest BCUT2D eigenvalue weighted by molar-refractivity contribution is -0.384. The molecule has 0 aromatic heterocycles. The zero-order chi connectivity index (χ0) is 24.6. The second kappa shape index (κ2) is 8.66. The summed E-state index contributed by atoms with van der Waals surface area (Å²) in [6.45, 7) is 5.61. The summed E-state index contributed by atoms with van der Waals surface area (Å²) in [4.78, 5) is 36.4. The molecule has 2 aromatic carbocycles. The number of rotatable bonds is 6. The molecule has 1 aliphatic heterocycles. The monoisotopic (exact) mass is 474 g/mol. The number of hydrogen-bond acceptors (Lipinski definition) is 8. The molecule has 0 saturated carbocycles. The molecule has 11 heteroatoms. The number of hydrogen-bond donors (Lipinski definition) is 0. The van der Waals surface area contributed by atoms with E-state index in [2.05, 4.69) is 6.58 Å². The van der Waals surface area contributed by atoms with E-state index in [0.717, 1.165) is 36.2 Å². The molecule has 0 N–H and O–H groups in total. The molecule has 0 spiro atoms. The largest absolute Gasteiger partial charge is 0.468 e. The van der Waals surface area contributed by atoms with Crippen molar-refractivity contribution in [2.75, 3.05) is 14.2 Å². The van der Waals surface area contributed by atoms with Crippen LogP contribution in [0, 0.1) is 22.5 Å². The number of allylic oxidation sites excluding steroid dienone is 1. The second-order valence-corrected chi connectivity index (χ2v) is 9.38. The number of non-ortho nitro benzene ring substituents is 1. The third kappa shape index (κ3) is 3.84. The van der Waals surface area contributed by atoms with Gasteiger partial charge >= 0.3 is 11.9 Å². The maximum atomic E-state index is 13.7. The first-order chi connectivity index (χ1) is 15.5. The zero-order valence-corrected chi connectivity index (χ0v) is 19.0. The maximum absolute atomic E-state index is 13.7. The van der Waals surface area contributed by atoms with Gasteiger partial charge in [-0.15, -0.1) is 0 Å². The van der Waals surface area contributed by atoms with Crippen LogP contribution in [0.5, 0.6) is 0 Å². The normalized spacial score (nSPS) is 17.5. The Balaban J connectivity index is 2.30. The van der Waals surface area contributed by atoms with Crippen molar-refractivity contribution in [3.8, 4) is 0 Å².